The molecule has 6 heteroatoms. The molecule has 0 aliphatic rings. The van der Waals surface area contributed by atoms with Gasteiger partial charge in [-0.25, -0.2) is 14.0 Å². The molecule has 0 heterocycles. The Morgan fingerprint density at radius 1 is 1.12 bits per heavy atom. The number of esters is 1. The van der Waals surface area contributed by atoms with E-state index in [1.807, 2.05) is 0 Å². The number of carbonyl (C=O) groups is 2. The maximum atomic E-state index is 13.8. The second-order valence-corrected chi connectivity index (χ2v) is 5.31. The summed E-state index contributed by atoms with van der Waals surface area (Å²) in [5.74, 6) is -0.801. The van der Waals surface area contributed by atoms with Crippen LogP contribution in [0, 0.1) is 5.82 Å². The molecule has 5 nitrogen and oxygen atoms in total. The summed E-state index contributed by atoms with van der Waals surface area (Å²) in [6, 6.07) is 11.9. The molecule has 2 rings (SSSR count). The molecule has 0 aliphatic heterocycles. The van der Waals surface area contributed by atoms with Crippen LogP contribution in [-0.4, -0.2) is 31.1 Å². The summed E-state index contributed by atoms with van der Waals surface area (Å²) in [4.78, 5) is 25.1. The molecule has 2 aromatic rings. The van der Waals surface area contributed by atoms with Gasteiger partial charge in [0.1, 0.15) is 5.82 Å². The zero-order valence-electron chi connectivity index (χ0n) is 13.7. The summed E-state index contributed by atoms with van der Waals surface area (Å²) in [5.41, 5.74) is 1.36. The molecular weight excluding hydrogens is 311 g/mol. The number of methoxy groups -OCH3 is 1. The monoisotopic (exact) mass is 330 g/mol. The first kappa shape index (κ1) is 17.5. The molecule has 126 valence electrons. The predicted molar refractivity (Wildman–Crippen MR) is 89.4 cm³/mol. The Morgan fingerprint density at radius 3 is 2.33 bits per heavy atom. The minimum atomic E-state index is -0.446. The van der Waals surface area contributed by atoms with Crippen LogP contribution in [0.5, 0.6) is 0 Å². The first-order chi connectivity index (χ1) is 11.4. The predicted octanol–water partition coefficient (Wildman–Crippen LogP) is 3.84. The van der Waals surface area contributed by atoms with Crippen LogP contribution in [0.3, 0.4) is 0 Å². The molecule has 24 heavy (non-hydrogen) atoms. The van der Waals surface area contributed by atoms with Crippen molar-refractivity contribution in [2.45, 2.75) is 13.0 Å². The Morgan fingerprint density at radius 2 is 1.75 bits per heavy atom. The second kappa shape index (κ2) is 7.59. The Labute approximate surface area is 140 Å². The summed E-state index contributed by atoms with van der Waals surface area (Å²) >= 11 is 0. The maximum Gasteiger partial charge on any atom is 0.337 e. The molecule has 2 aromatic carbocycles. The molecule has 0 radical (unpaired) electrons. The highest BCUT2D eigenvalue weighted by molar-refractivity contribution is 5.92. The number of ether oxygens (including phenoxy) is 1. The molecule has 1 atom stereocenters. The third-order valence-electron chi connectivity index (χ3n) is 3.81. The number of anilines is 1. The van der Waals surface area contributed by atoms with Crippen molar-refractivity contribution in [2.24, 2.45) is 0 Å². The van der Waals surface area contributed by atoms with E-state index < -0.39 is 12.0 Å². The number of amides is 2. The first-order valence-corrected chi connectivity index (χ1v) is 7.40. The van der Waals surface area contributed by atoms with Crippen LogP contribution in [0.15, 0.2) is 48.5 Å². The van der Waals surface area contributed by atoms with Crippen molar-refractivity contribution in [1.29, 1.82) is 0 Å². The number of nitrogens with zero attached hydrogens (tertiary/aromatic N) is 1. The molecule has 0 spiro atoms. The van der Waals surface area contributed by atoms with Gasteiger partial charge < -0.3 is 15.0 Å². The van der Waals surface area contributed by atoms with Crippen molar-refractivity contribution in [3.63, 3.8) is 0 Å². The van der Waals surface area contributed by atoms with E-state index >= 15 is 0 Å². The van der Waals surface area contributed by atoms with Gasteiger partial charge in [0.05, 0.1) is 18.7 Å². The van der Waals surface area contributed by atoms with Crippen LogP contribution in [0.1, 0.15) is 28.9 Å². The molecule has 1 N–H and O–H groups in total. The molecule has 2 amide bonds. The van der Waals surface area contributed by atoms with Gasteiger partial charge >= 0.3 is 12.0 Å². The molecule has 0 aliphatic carbocycles. The van der Waals surface area contributed by atoms with Gasteiger partial charge in [0.25, 0.3) is 0 Å². The standard InChI is InChI=1S/C18H19FN2O3/c1-12(15-6-4-5-7-16(15)19)21(2)18(23)20-14-10-8-13(9-11-14)17(22)24-3/h4-12H,1-3H3,(H,20,23). The van der Waals surface area contributed by atoms with Gasteiger partial charge in [-0.1, -0.05) is 18.2 Å². The van der Waals surface area contributed by atoms with Gasteiger partial charge in [0.15, 0.2) is 0 Å². The SMILES string of the molecule is COC(=O)c1ccc(NC(=O)N(C)C(C)c2ccccc2F)cc1. The number of benzene rings is 2. The van der Waals surface area contributed by atoms with Gasteiger partial charge in [0, 0.05) is 18.3 Å². The van der Waals surface area contributed by atoms with E-state index in [0.29, 0.717) is 16.8 Å². The lowest BCUT2D eigenvalue weighted by Crippen LogP contribution is -2.34. The van der Waals surface area contributed by atoms with Crippen LogP contribution < -0.4 is 5.32 Å². The van der Waals surface area contributed by atoms with Crippen molar-refractivity contribution >= 4 is 17.7 Å². The Kier molecular flexibility index (Phi) is 5.52. The molecule has 0 bridgehead atoms. The number of carbonyl (C=O) groups excluding carboxylic acids is 2. The number of urea groups is 1. The van der Waals surface area contributed by atoms with Crippen LogP contribution in [0.2, 0.25) is 0 Å². The van der Waals surface area contributed by atoms with Crippen LogP contribution in [-0.2, 0) is 4.74 Å². The third kappa shape index (κ3) is 3.90. The number of nitrogens with one attached hydrogen (secondary N) is 1. The van der Waals surface area contributed by atoms with Crippen LogP contribution in [0.25, 0.3) is 0 Å². The van der Waals surface area contributed by atoms with Gasteiger partial charge in [-0.2, -0.15) is 0 Å². The lowest BCUT2D eigenvalue weighted by molar-refractivity contribution is 0.0600. The topological polar surface area (TPSA) is 58.6 Å². The summed E-state index contributed by atoms with van der Waals surface area (Å²) < 4.78 is 18.5. The van der Waals surface area contributed by atoms with Crippen molar-refractivity contribution in [3.8, 4) is 0 Å². The van der Waals surface area contributed by atoms with Crippen molar-refractivity contribution in [3.05, 3.63) is 65.5 Å². The fourth-order valence-corrected chi connectivity index (χ4v) is 2.22. The third-order valence-corrected chi connectivity index (χ3v) is 3.81. The van der Waals surface area contributed by atoms with E-state index in [1.54, 1.807) is 56.4 Å². The van der Waals surface area contributed by atoms with Gasteiger partial charge in [0.2, 0.25) is 0 Å². The summed E-state index contributed by atoms with van der Waals surface area (Å²) in [6.07, 6.45) is 0. The van der Waals surface area contributed by atoms with Gasteiger partial charge in [-0.3, -0.25) is 0 Å². The van der Waals surface area contributed by atoms with E-state index in [2.05, 4.69) is 10.1 Å². The van der Waals surface area contributed by atoms with Crippen molar-refractivity contribution in [1.82, 2.24) is 4.90 Å². The van der Waals surface area contributed by atoms with Crippen molar-refractivity contribution in [2.75, 3.05) is 19.5 Å². The molecule has 0 aromatic heterocycles. The van der Waals surface area contributed by atoms with Gasteiger partial charge in [-0.15, -0.1) is 0 Å². The molecule has 0 fully saturated rings. The minimum Gasteiger partial charge on any atom is -0.465 e. The van der Waals surface area contributed by atoms with Gasteiger partial charge in [-0.05, 0) is 37.3 Å². The highest BCUT2D eigenvalue weighted by atomic mass is 19.1. The Balaban J connectivity index is 2.06. The fourth-order valence-electron chi connectivity index (χ4n) is 2.22. The second-order valence-electron chi connectivity index (χ2n) is 5.31. The first-order valence-electron chi connectivity index (χ1n) is 7.40. The Hall–Kier alpha value is -2.89. The van der Waals surface area contributed by atoms with E-state index in [4.69, 9.17) is 0 Å². The quantitative estimate of drug-likeness (QED) is 0.867. The summed E-state index contributed by atoms with van der Waals surface area (Å²) in [7, 11) is 2.90. The lowest BCUT2D eigenvalue weighted by Gasteiger charge is -2.26. The largest absolute Gasteiger partial charge is 0.465 e. The van der Waals surface area contributed by atoms with Crippen LogP contribution >= 0.6 is 0 Å². The average molecular weight is 330 g/mol. The normalized spacial score (nSPS) is 11.5. The Bertz CT molecular complexity index is 731. The molecular formula is C18H19FN2O3. The molecule has 1 unspecified atom stereocenters. The number of halogens is 1. The average Bonchev–Trinajstić information content (AvgIpc) is 2.60. The number of hydrogen-bond donors (Lipinski definition) is 1. The zero-order valence-corrected chi connectivity index (χ0v) is 13.7. The molecule has 0 saturated heterocycles. The summed E-state index contributed by atoms with van der Waals surface area (Å²) in [6.45, 7) is 1.75. The maximum absolute atomic E-state index is 13.8. The fraction of sp³-hybridized carbons (Fsp3) is 0.222. The minimum absolute atomic E-state index is 0.355. The van der Waals surface area contributed by atoms with E-state index in [1.165, 1.54) is 18.1 Å². The van der Waals surface area contributed by atoms with E-state index in [-0.39, 0.29) is 11.8 Å². The van der Waals surface area contributed by atoms with E-state index in [9.17, 15) is 14.0 Å². The lowest BCUT2D eigenvalue weighted by atomic mass is 10.1. The number of hydrogen-bond acceptors (Lipinski definition) is 3. The number of rotatable bonds is 4. The zero-order chi connectivity index (χ0) is 17.7. The van der Waals surface area contributed by atoms with E-state index in [0.717, 1.165) is 0 Å². The summed E-state index contributed by atoms with van der Waals surface area (Å²) in [5, 5.41) is 2.71. The van der Waals surface area contributed by atoms with Crippen LogP contribution in [0.4, 0.5) is 14.9 Å². The highest BCUT2D eigenvalue weighted by Gasteiger charge is 2.20. The van der Waals surface area contributed by atoms with Crippen molar-refractivity contribution < 1.29 is 18.7 Å². The smallest absolute Gasteiger partial charge is 0.337 e. The molecule has 0 saturated carbocycles. The highest BCUT2D eigenvalue weighted by Crippen LogP contribution is 2.22.